The molecule has 1 unspecified atom stereocenters. The van der Waals surface area contributed by atoms with Crippen molar-refractivity contribution in [3.63, 3.8) is 0 Å². The second-order valence-corrected chi connectivity index (χ2v) is 3.06. The summed E-state index contributed by atoms with van der Waals surface area (Å²) in [4.78, 5) is 0. The summed E-state index contributed by atoms with van der Waals surface area (Å²) in [5.74, 6) is 0.889. The van der Waals surface area contributed by atoms with Crippen molar-refractivity contribution in [3.05, 3.63) is 29.8 Å². The van der Waals surface area contributed by atoms with E-state index in [4.69, 9.17) is 4.74 Å². The van der Waals surface area contributed by atoms with Gasteiger partial charge in [-0.25, -0.2) is 0 Å². The Kier molecular flexibility index (Phi) is 2.25. The Balaban J connectivity index is 2.24. The van der Waals surface area contributed by atoms with E-state index < -0.39 is 0 Å². The first-order chi connectivity index (χ1) is 6.40. The molecule has 3 nitrogen and oxygen atoms in total. The minimum absolute atomic E-state index is 0.245. The zero-order valence-electron chi connectivity index (χ0n) is 7.60. The summed E-state index contributed by atoms with van der Waals surface area (Å²) in [5, 5.41) is 8.13. The lowest BCUT2D eigenvalue weighted by Crippen LogP contribution is -1.92. The highest BCUT2D eigenvalue weighted by Gasteiger charge is 2.14. The number of azo groups is 1. The van der Waals surface area contributed by atoms with E-state index in [0.717, 1.165) is 18.7 Å². The standard InChI is InChI=1S/C10H12N2O/c1-13-9-4-2-3-8(7-9)10-5-6-11-12-10/h2-4,7,10H,5-6H2,1H3. The van der Waals surface area contributed by atoms with Crippen molar-refractivity contribution in [2.75, 3.05) is 13.7 Å². The topological polar surface area (TPSA) is 34.0 Å². The molecular formula is C10H12N2O. The highest BCUT2D eigenvalue weighted by Crippen LogP contribution is 2.28. The van der Waals surface area contributed by atoms with Gasteiger partial charge in [0.05, 0.1) is 19.7 Å². The highest BCUT2D eigenvalue weighted by molar-refractivity contribution is 5.30. The molecule has 0 fully saturated rings. The van der Waals surface area contributed by atoms with Crippen molar-refractivity contribution >= 4 is 0 Å². The number of hydrogen-bond acceptors (Lipinski definition) is 3. The zero-order valence-corrected chi connectivity index (χ0v) is 7.60. The van der Waals surface area contributed by atoms with Gasteiger partial charge in [-0.05, 0) is 24.1 Å². The summed E-state index contributed by atoms with van der Waals surface area (Å²) in [6.07, 6.45) is 1.02. The van der Waals surface area contributed by atoms with E-state index in [2.05, 4.69) is 16.3 Å². The van der Waals surface area contributed by atoms with Crippen LogP contribution in [0.15, 0.2) is 34.5 Å². The fourth-order valence-electron chi connectivity index (χ4n) is 1.48. The minimum atomic E-state index is 0.245. The Morgan fingerprint density at radius 1 is 1.46 bits per heavy atom. The molecule has 0 bridgehead atoms. The van der Waals surface area contributed by atoms with E-state index >= 15 is 0 Å². The van der Waals surface area contributed by atoms with Crippen LogP contribution in [0.4, 0.5) is 0 Å². The summed E-state index contributed by atoms with van der Waals surface area (Å²) < 4.78 is 5.14. The van der Waals surface area contributed by atoms with Crippen LogP contribution in [-0.2, 0) is 0 Å². The van der Waals surface area contributed by atoms with E-state index in [1.807, 2.05) is 18.2 Å². The molecule has 0 aromatic heterocycles. The fraction of sp³-hybridized carbons (Fsp3) is 0.400. The van der Waals surface area contributed by atoms with Crippen LogP contribution in [0.5, 0.6) is 5.75 Å². The molecule has 0 spiro atoms. The highest BCUT2D eigenvalue weighted by atomic mass is 16.5. The molecular weight excluding hydrogens is 164 g/mol. The van der Waals surface area contributed by atoms with E-state index in [9.17, 15) is 0 Å². The van der Waals surface area contributed by atoms with Crippen LogP contribution in [0.2, 0.25) is 0 Å². The van der Waals surface area contributed by atoms with Crippen LogP contribution in [0, 0.1) is 0 Å². The van der Waals surface area contributed by atoms with Gasteiger partial charge in [0.15, 0.2) is 0 Å². The molecule has 0 amide bonds. The van der Waals surface area contributed by atoms with E-state index in [-0.39, 0.29) is 6.04 Å². The third kappa shape index (κ3) is 1.69. The average molecular weight is 176 g/mol. The van der Waals surface area contributed by atoms with Crippen molar-refractivity contribution in [1.29, 1.82) is 0 Å². The Bertz CT molecular complexity index is 322. The van der Waals surface area contributed by atoms with Crippen molar-refractivity contribution in [2.45, 2.75) is 12.5 Å². The summed E-state index contributed by atoms with van der Waals surface area (Å²) in [6.45, 7) is 0.849. The van der Waals surface area contributed by atoms with E-state index in [0.29, 0.717) is 0 Å². The molecule has 13 heavy (non-hydrogen) atoms. The van der Waals surface area contributed by atoms with Crippen LogP contribution in [0.25, 0.3) is 0 Å². The second-order valence-electron chi connectivity index (χ2n) is 3.06. The van der Waals surface area contributed by atoms with Gasteiger partial charge in [-0.15, -0.1) is 0 Å². The number of benzene rings is 1. The number of methoxy groups -OCH3 is 1. The molecule has 1 aliphatic heterocycles. The lowest BCUT2D eigenvalue weighted by atomic mass is 10.1. The Morgan fingerprint density at radius 2 is 2.38 bits per heavy atom. The second kappa shape index (κ2) is 3.56. The van der Waals surface area contributed by atoms with Gasteiger partial charge in [0, 0.05) is 0 Å². The molecule has 1 aromatic carbocycles. The van der Waals surface area contributed by atoms with Gasteiger partial charge in [0.1, 0.15) is 5.75 Å². The fourth-order valence-corrected chi connectivity index (χ4v) is 1.48. The molecule has 1 heterocycles. The average Bonchev–Trinajstić information content (AvgIpc) is 2.71. The molecule has 0 saturated heterocycles. The van der Waals surface area contributed by atoms with E-state index in [1.165, 1.54) is 5.56 Å². The monoisotopic (exact) mass is 176 g/mol. The molecule has 0 aliphatic carbocycles. The summed E-state index contributed by atoms with van der Waals surface area (Å²) >= 11 is 0. The predicted molar refractivity (Wildman–Crippen MR) is 50.1 cm³/mol. The summed E-state index contributed by atoms with van der Waals surface area (Å²) in [6, 6.07) is 8.26. The van der Waals surface area contributed by atoms with Crippen LogP contribution >= 0.6 is 0 Å². The Morgan fingerprint density at radius 3 is 3.08 bits per heavy atom. The van der Waals surface area contributed by atoms with E-state index in [1.54, 1.807) is 7.11 Å². The number of hydrogen-bond donors (Lipinski definition) is 0. The SMILES string of the molecule is COc1cccc(C2CCN=N2)c1. The maximum Gasteiger partial charge on any atom is 0.119 e. The number of rotatable bonds is 2. The van der Waals surface area contributed by atoms with Gasteiger partial charge in [0.25, 0.3) is 0 Å². The van der Waals surface area contributed by atoms with Crippen LogP contribution in [0.1, 0.15) is 18.0 Å². The van der Waals surface area contributed by atoms with Gasteiger partial charge in [-0.1, -0.05) is 12.1 Å². The Hall–Kier alpha value is -1.38. The third-order valence-electron chi connectivity index (χ3n) is 2.20. The van der Waals surface area contributed by atoms with Crippen LogP contribution in [0.3, 0.4) is 0 Å². The van der Waals surface area contributed by atoms with Crippen molar-refractivity contribution in [2.24, 2.45) is 10.2 Å². The van der Waals surface area contributed by atoms with Crippen LogP contribution < -0.4 is 4.74 Å². The number of nitrogens with zero attached hydrogens (tertiary/aromatic N) is 2. The lowest BCUT2D eigenvalue weighted by molar-refractivity contribution is 0.414. The molecule has 1 aliphatic rings. The van der Waals surface area contributed by atoms with Crippen molar-refractivity contribution < 1.29 is 4.74 Å². The molecule has 0 radical (unpaired) electrons. The van der Waals surface area contributed by atoms with Gasteiger partial charge in [0.2, 0.25) is 0 Å². The van der Waals surface area contributed by atoms with Gasteiger partial charge in [-0.3, -0.25) is 0 Å². The van der Waals surface area contributed by atoms with Crippen LogP contribution in [-0.4, -0.2) is 13.7 Å². The first-order valence-corrected chi connectivity index (χ1v) is 4.41. The molecule has 1 atom stereocenters. The molecule has 3 heteroatoms. The Labute approximate surface area is 77.4 Å². The zero-order chi connectivity index (χ0) is 9.10. The van der Waals surface area contributed by atoms with Crippen molar-refractivity contribution in [3.8, 4) is 5.75 Å². The predicted octanol–water partition coefficient (Wildman–Crippen LogP) is 2.59. The largest absolute Gasteiger partial charge is 0.497 e. The smallest absolute Gasteiger partial charge is 0.119 e. The summed E-state index contributed by atoms with van der Waals surface area (Å²) in [7, 11) is 1.68. The third-order valence-corrected chi connectivity index (χ3v) is 2.20. The lowest BCUT2D eigenvalue weighted by Gasteiger charge is -2.06. The minimum Gasteiger partial charge on any atom is -0.497 e. The molecule has 0 N–H and O–H groups in total. The maximum absolute atomic E-state index is 5.14. The molecule has 0 saturated carbocycles. The van der Waals surface area contributed by atoms with Crippen molar-refractivity contribution in [1.82, 2.24) is 0 Å². The molecule has 2 rings (SSSR count). The summed E-state index contributed by atoms with van der Waals surface area (Å²) in [5.41, 5.74) is 1.20. The normalized spacial score (nSPS) is 20.5. The first-order valence-electron chi connectivity index (χ1n) is 4.41. The quantitative estimate of drug-likeness (QED) is 0.681. The van der Waals surface area contributed by atoms with Gasteiger partial charge >= 0.3 is 0 Å². The van der Waals surface area contributed by atoms with Gasteiger partial charge in [-0.2, -0.15) is 10.2 Å². The molecule has 1 aromatic rings. The molecule has 68 valence electrons. The maximum atomic E-state index is 5.14. The first kappa shape index (κ1) is 8.23. The number of ether oxygens (including phenoxy) is 1. The van der Waals surface area contributed by atoms with Gasteiger partial charge < -0.3 is 4.74 Å².